The summed E-state index contributed by atoms with van der Waals surface area (Å²) in [6, 6.07) is 11.4. The van der Waals surface area contributed by atoms with Crippen LogP contribution in [-0.2, 0) is 4.79 Å². The Morgan fingerprint density at radius 1 is 1.23 bits per heavy atom. The lowest BCUT2D eigenvalue weighted by molar-refractivity contribution is -0.114. The number of anilines is 2. The number of carbonyl (C=O) groups excluding carboxylic acids is 1. The van der Waals surface area contributed by atoms with E-state index in [0.717, 1.165) is 0 Å². The molecule has 2 aromatic carbocycles. The molecule has 1 N–H and O–H groups in total. The molecule has 0 saturated heterocycles. The minimum Gasteiger partial charge on any atom is -0.364 e. The molecule has 0 saturated carbocycles. The second-order valence-corrected chi connectivity index (χ2v) is 4.66. The fourth-order valence-electron chi connectivity index (χ4n) is 1.98. The molecular weight excluding hydrogens is 288 g/mol. The molecule has 0 unspecified atom stereocenters. The summed E-state index contributed by atoms with van der Waals surface area (Å²) in [6.45, 7) is -0.0739. The summed E-state index contributed by atoms with van der Waals surface area (Å²) >= 11 is 0. The summed E-state index contributed by atoms with van der Waals surface area (Å²) in [7, 11) is 1.58. The number of nitrogens with zero attached hydrogens (tertiary/aromatic N) is 2. The first-order valence-electron chi connectivity index (χ1n) is 6.46. The van der Waals surface area contributed by atoms with Gasteiger partial charge >= 0.3 is 0 Å². The van der Waals surface area contributed by atoms with E-state index in [1.54, 1.807) is 19.2 Å². The van der Waals surface area contributed by atoms with Crippen molar-refractivity contribution in [3.8, 4) is 6.07 Å². The van der Waals surface area contributed by atoms with Crippen LogP contribution >= 0.6 is 0 Å². The first-order valence-corrected chi connectivity index (χ1v) is 6.46. The molecule has 0 aliphatic carbocycles. The molecule has 1 amide bonds. The topological polar surface area (TPSA) is 56.1 Å². The number of benzene rings is 2. The van der Waals surface area contributed by atoms with Gasteiger partial charge in [0.05, 0.1) is 12.2 Å². The smallest absolute Gasteiger partial charge is 0.243 e. The predicted octanol–water partition coefficient (Wildman–Crippen LogP) is 2.91. The van der Waals surface area contributed by atoms with E-state index >= 15 is 0 Å². The van der Waals surface area contributed by atoms with Crippen LogP contribution in [0.1, 0.15) is 5.56 Å². The van der Waals surface area contributed by atoms with Gasteiger partial charge in [-0.2, -0.15) is 5.26 Å². The van der Waals surface area contributed by atoms with Gasteiger partial charge < -0.3 is 10.2 Å². The molecule has 0 aliphatic rings. The summed E-state index contributed by atoms with van der Waals surface area (Å²) in [5, 5.41) is 11.6. The molecule has 0 atom stereocenters. The molecule has 0 spiro atoms. The maximum Gasteiger partial charge on any atom is 0.243 e. The third kappa shape index (κ3) is 3.58. The van der Waals surface area contributed by atoms with E-state index in [-0.39, 0.29) is 18.0 Å². The van der Waals surface area contributed by atoms with Gasteiger partial charge in [0.2, 0.25) is 5.91 Å². The largest absolute Gasteiger partial charge is 0.364 e. The van der Waals surface area contributed by atoms with Crippen molar-refractivity contribution in [2.45, 2.75) is 0 Å². The molecular formula is C16H13F2N3O. The number of hydrogen-bond acceptors (Lipinski definition) is 3. The van der Waals surface area contributed by atoms with Gasteiger partial charge in [0.25, 0.3) is 0 Å². The zero-order valence-electron chi connectivity index (χ0n) is 11.8. The lowest BCUT2D eigenvalue weighted by Gasteiger charge is -2.20. The molecule has 0 bridgehead atoms. The Hall–Kier alpha value is -2.94. The molecule has 0 aliphatic heterocycles. The van der Waals surface area contributed by atoms with Gasteiger partial charge in [-0.15, -0.1) is 0 Å². The van der Waals surface area contributed by atoms with Gasteiger partial charge in [0.15, 0.2) is 0 Å². The van der Waals surface area contributed by atoms with E-state index in [9.17, 15) is 13.6 Å². The summed E-state index contributed by atoms with van der Waals surface area (Å²) < 4.78 is 26.3. The van der Waals surface area contributed by atoms with Crippen LogP contribution in [-0.4, -0.2) is 19.5 Å². The lowest BCUT2D eigenvalue weighted by atomic mass is 10.1. The minimum absolute atomic E-state index is 0.0739. The SMILES string of the molecule is CN(CC(=O)Nc1ccc(F)cc1)c1cccc(F)c1C#N. The van der Waals surface area contributed by atoms with Gasteiger partial charge in [-0.25, -0.2) is 8.78 Å². The highest BCUT2D eigenvalue weighted by Crippen LogP contribution is 2.21. The van der Waals surface area contributed by atoms with Crippen molar-refractivity contribution >= 4 is 17.3 Å². The summed E-state index contributed by atoms with van der Waals surface area (Å²) in [4.78, 5) is 13.4. The zero-order chi connectivity index (χ0) is 16.1. The highest BCUT2D eigenvalue weighted by molar-refractivity contribution is 5.94. The van der Waals surface area contributed by atoms with Crippen molar-refractivity contribution in [3.05, 3.63) is 59.7 Å². The molecule has 0 fully saturated rings. The van der Waals surface area contributed by atoms with Crippen LogP contribution in [0.2, 0.25) is 0 Å². The van der Waals surface area contributed by atoms with Crippen LogP contribution in [0.5, 0.6) is 0 Å². The molecule has 112 valence electrons. The summed E-state index contributed by atoms with van der Waals surface area (Å²) in [5.74, 6) is -1.39. The number of rotatable bonds is 4. The van der Waals surface area contributed by atoms with Crippen LogP contribution < -0.4 is 10.2 Å². The van der Waals surface area contributed by atoms with Crippen LogP contribution in [0.3, 0.4) is 0 Å². The van der Waals surface area contributed by atoms with Gasteiger partial charge in [-0.05, 0) is 36.4 Å². The Morgan fingerprint density at radius 2 is 1.91 bits per heavy atom. The van der Waals surface area contributed by atoms with Crippen LogP contribution in [0.15, 0.2) is 42.5 Å². The average Bonchev–Trinajstić information content (AvgIpc) is 2.49. The number of nitriles is 1. The molecule has 6 heteroatoms. The fourth-order valence-corrected chi connectivity index (χ4v) is 1.98. The monoisotopic (exact) mass is 301 g/mol. The number of hydrogen-bond donors (Lipinski definition) is 1. The van der Waals surface area contributed by atoms with Crippen LogP contribution in [0.4, 0.5) is 20.2 Å². The number of carbonyl (C=O) groups is 1. The van der Waals surface area contributed by atoms with E-state index in [4.69, 9.17) is 5.26 Å². The molecule has 4 nitrogen and oxygen atoms in total. The third-order valence-electron chi connectivity index (χ3n) is 3.02. The van der Waals surface area contributed by atoms with E-state index < -0.39 is 11.6 Å². The van der Waals surface area contributed by atoms with Crippen molar-refractivity contribution in [1.82, 2.24) is 0 Å². The Kier molecular flexibility index (Phi) is 4.69. The van der Waals surface area contributed by atoms with Crippen LogP contribution in [0.25, 0.3) is 0 Å². The minimum atomic E-state index is -0.634. The highest BCUT2D eigenvalue weighted by Gasteiger charge is 2.14. The second-order valence-electron chi connectivity index (χ2n) is 4.66. The highest BCUT2D eigenvalue weighted by atomic mass is 19.1. The number of likely N-dealkylation sites (N-methyl/N-ethyl adjacent to an activating group) is 1. The van der Waals surface area contributed by atoms with E-state index in [1.807, 2.05) is 0 Å². The van der Waals surface area contributed by atoms with Crippen molar-refractivity contribution in [3.63, 3.8) is 0 Å². The number of halogens is 2. The standard InChI is InChI=1S/C16H13F2N3O/c1-21(15-4-2-3-14(18)13(15)9-19)10-16(22)20-12-7-5-11(17)6-8-12/h2-8H,10H2,1H3,(H,20,22). The quantitative estimate of drug-likeness (QED) is 0.944. The van der Waals surface area contributed by atoms with Gasteiger partial charge in [0.1, 0.15) is 23.3 Å². The molecule has 0 radical (unpaired) electrons. The average molecular weight is 301 g/mol. The third-order valence-corrected chi connectivity index (χ3v) is 3.02. The molecule has 0 aromatic heterocycles. The molecule has 2 rings (SSSR count). The van der Waals surface area contributed by atoms with Crippen LogP contribution in [0, 0.1) is 23.0 Å². The summed E-state index contributed by atoms with van der Waals surface area (Å²) in [5.41, 5.74) is 0.677. The first kappa shape index (κ1) is 15.4. The van der Waals surface area contributed by atoms with E-state index in [0.29, 0.717) is 11.4 Å². The maximum absolute atomic E-state index is 13.5. The van der Waals surface area contributed by atoms with Crippen molar-refractivity contribution in [2.24, 2.45) is 0 Å². The molecule has 0 heterocycles. The number of amides is 1. The molecule has 2 aromatic rings. The first-order chi connectivity index (χ1) is 10.5. The Bertz CT molecular complexity index is 723. The second kappa shape index (κ2) is 6.68. The molecule has 22 heavy (non-hydrogen) atoms. The van der Waals surface area contributed by atoms with Crippen molar-refractivity contribution in [1.29, 1.82) is 5.26 Å². The predicted molar refractivity (Wildman–Crippen MR) is 79.4 cm³/mol. The lowest BCUT2D eigenvalue weighted by Crippen LogP contribution is -2.30. The Labute approximate surface area is 126 Å². The van der Waals surface area contributed by atoms with E-state index in [2.05, 4.69) is 5.32 Å². The van der Waals surface area contributed by atoms with Gasteiger partial charge in [-0.1, -0.05) is 6.07 Å². The summed E-state index contributed by atoms with van der Waals surface area (Å²) in [6.07, 6.45) is 0. The number of nitrogens with one attached hydrogen (secondary N) is 1. The van der Waals surface area contributed by atoms with E-state index in [1.165, 1.54) is 41.3 Å². The Balaban J connectivity index is 2.07. The van der Waals surface area contributed by atoms with Gasteiger partial charge in [-0.3, -0.25) is 4.79 Å². The van der Waals surface area contributed by atoms with Crippen molar-refractivity contribution < 1.29 is 13.6 Å². The Morgan fingerprint density at radius 3 is 2.55 bits per heavy atom. The zero-order valence-corrected chi connectivity index (χ0v) is 11.8. The van der Waals surface area contributed by atoms with Crippen molar-refractivity contribution in [2.75, 3.05) is 23.8 Å². The normalized spacial score (nSPS) is 9.91. The maximum atomic E-state index is 13.5. The fraction of sp³-hybridized carbons (Fsp3) is 0.125. The van der Waals surface area contributed by atoms with Gasteiger partial charge in [0, 0.05) is 12.7 Å².